The number of hydrogen-bond donors (Lipinski definition) is 1. The first kappa shape index (κ1) is 19.2. The van der Waals surface area contributed by atoms with Crippen LogP contribution in [-0.4, -0.2) is 21.3 Å². The third kappa shape index (κ3) is 3.62. The standard InChI is InChI=1S/C19H19F2NO4S/c1-11-16-10-14(25-3)6-9-17(16)26-18(11)12(2)22-13-4-7-15(8-5-13)27(23,24)19(20)21/h4-10,12,19,22H,1-3H3. The van der Waals surface area contributed by atoms with E-state index in [0.717, 1.165) is 40.2 Å². The van der Waals surface area contributed by atoms with Gasteiger partial charge in [0.15, 0.2) is 0 Å². The molecule has 0 bridgehead atoms. The first-order valence-corrected chi connectivity index (χ1v) is 9.74. The van der Waals surface area contributed by atoms with Gasteiger partial charge in [0.05, 0.1) is 18.0 Å². The third-order valence-electron chi connectivity index (χ3n) is 4.37. The van der Waals surface area contributed by atoms with Gasteiger partial charge >= 0.3 is 5.76 Å². The minimum atomic E-state index is -4.60. The highest BCUT2D eigenvalue weighted by atomic mass is 32.2. The maximum Gasteiger partial charge on any atom is 0.341 e. The molecule has 0 saturated carbocycles. The molecule has 0 aliphatic heterocycles. The molecule has 3 aromatic rings. The van der Waals surface area contributed by atoms with Gasteiger partial charge in [-0.1, -0.05) is 0 Å². The van der Waals surface area contributed by atoms with Crippen molar-refractivity contribution < 1.29 is 26.4 Å². The van der Waals surface area contributed by atoms with Crippen LogP contribution >= 0.6 is 0 Å². The molecule has 0 spiro atoms. The SMILES string of the molecule is COc1ccc2oc(C(C)Nc3ccc(S(=O)(=O)C(F)F)cc3)c(C)c2c1. The molecule has 0 aliphatic rings. The van der Waals surface area contributed by atoms with Crippen LogP contribution < -0.4 is 10.1 Å². The minimum absolute atomic E-state index is 0.221. The smallest absolute Gasteiger partial charge is 0.341 e. The molecule has 8 heteroatoms. The number of nitrogens with one attached hydrogen (secondary N) is 1. The van der Waals surface area contributed by atoms with Crippen LogP contribution in [0.2, 0.25) is 0 Å². The number of aryl methyl sites for hydroxylation is 1. The number of hydrogen-bond acceptors (Lipinski definition) is 5. The van der Waals surface area contributed by atoms with Gasteiger partial charge in [0.2, 0.25) is 9.84 Å². The third-order valence-corrected chi connectivity index (χ3v) is 5.77. The number of methoxy groups -OCH3 is 1. The van der Waals surface area contributed by atoms with Gasteiger partial charge in [-0.2, -0.15) is 8.78 Å². The second kappa shape index (κ2) is 7.19. The predicted molar refractivity (Wildman–Crippen MR) is 99.2 cm³/mol. The van der Waals surface area contributed by atoms with Crippen molar-refractivity contribution in [2.45, 2.75) is 30.5 Å². The molecular formula is C19H19F2NO4S. The summed E-state index contributed by atoms with van der Waals surface area (Å²) in [6.45, 7) is 3.84. The van der Waals surface area contributed by atoms with Crippen molar-refractivity contribution in [2.24, 2.45) is 0 Å². The van der Waals surface area contributed by atoms with Crippen molar-refractivity contribution in [2.75, 3.05) is 12.4 Å². The first-order valence-electron chi connectivity index (χ1n) is 8.19. The predicted octanol–water partition coefficient (Wildman–Crippen LogP) is 4.92. The molecule has 5 nitrogen and oxygen atoms in total. The van der Waals surface area contributed by atoms with E-state index in [4.69, 9.17) is 9.15 Å². The average Bonchev–Trinajstić information content (AvgIpc) is 2.98. The Balaban J connectivity index is 1.84. The molecule has 0 aliphatic carbocycles. The van der Waals surface area contributed by atoms with Crippen molar-refractivity contribution in [3.63, 3.8) is 0 Å². The van der Waals surface area contributed by atoms with Gasteiger partial charge in [0.1, 0.15) is 17.1 Å². The Morgan fingerprint density at radius 3 is 2.37 bits per heavy atom. The summed E-state index contributed by atoms with van der Waals surface area (Å²) in [5.41, 5.74) is 2.28. The number of anilines is 1. The van der Waals surface area contributed by atoms with E-state index in [2.05, 4.69) is 5.32 Å². The van der Waals surface area contributed by atoms with E-state index in [1.54, 1.807) is 7.11 Å². The van der Waals surface area contributed by atoms with Gasteiger partial charge in [0, 0.05) is 16.6 Å². The Labute approximate surface area is 155 Å². The fourth-order valence-corrected chi connectivity index (χ4v) is 3.64. The summed E-state index contributed by atoms with van der Waals surface area (Å²) in [4.78, 5) is -0.414. The maximum absolute atomic E-state index is 12.6. The molecule has 0 saturated heterocycles. The molecule has 1 atom stereocenters. The Morgan fingerprint density at radius 1 is 1.11 bits per heavy atom. The second-order valence-electron chi connectivity index (χ2n) is 6.15. The Kier molecular flexibility index (Phi) is 5.10. The van der Waals surface area contributed by atoms with Crippen LogP contribution in [0.5, 0.6) is 5.75 Å². The van der Waals surface area contributed by atoms with E-state index < -0.39 is 20.5 Å². The highest BCUT2D eigenvalue weighted by Crippen LogP contribution is 2.33. The van der Waals surface area contributed by atoms with Crippen molar-refractivity contribution in [3.8, 4) is 5.75 Å². The number of sulfone groups is 1. The molecule has 1 unspecified atom stereocenters. The number of ether oxygens (including phenoxy) is 1. The lowest BCUT2D eigenvalue weighted by atomic mass is 10.1. The zero-order valence-electron chi connectivity index (χ0n) is 15.0. The van der Waals surface area contributed by atoms with Crippen molar-refractivity contribution in [3.05, 3.63) is 53.8 Å². The highest BCUT2D eigenvalue weighted by Gasteiger charge is 2.26. The van der Waals surface area contributed by atoms with E-state index in [0.29, 0.717) is 5.69 Å². The van der Waals surface area contributed by atoms with Crippen LogP contribution in [0.4, 0.5) is 14.5 Å². The Bertz CT molecular complexity index is 1060. The molecule has 1 aromatic heterocycles. The van der Waals surface area contributed by atoms with Crippen LogP contribution in [0.25, 0.3) is 11.0 Å². The largest absolute Gasteiger partial charge is 0.497 e. The highest BCUT2D eigenvalue weighted by molar-refractivity contribution is 7.91. The lowest BCUT2D eigenvalue weighted by Gasteiger charge is -2.14. The molecule has 0 fully saturated rings. The molecular weight excluding hydrogens is 376 g/mol. The van der Waals surface area contributed by atoms with Gasteiger partial charge in [0.25, 0.3) is 0 Å². The molecule has 1 N–H and O–H groups in total. The molecule has 27 heavy (non-hydrogen) atoms. The number of halogens is 2. The Hall–Kier alpha value is -2.61. The zero-order chi connectivity index (χ0) is 19.8. The van der Waals surface area contributed by atoms with Crippen LogP contribution in [0.1, 0.15) is 24.3 Å². The summed E-state index contributed by atoms with van der Waals surface area (Å²) in [5.74, 6) is -1.98. The van der Waals surface area contributed by atoms with E-state index in [1.807, 2.05) is 32.0 Å². The lowest BCUT2D eigenvalue weighted by Crippen LogP contribution is -2.11. The van der Waals surface area contributed by atoms with Gasteiger partial charge in [-0.05, 0) is 56.3 Å². The summed E-state index contributed by atoms with van der Waals surface area (Å²) in [5, 5.41) is 4.13. The van der Waals surface area contributed by atoms with Gasteiger partial charge < -0.3 is 14.5 Å². The number of rotatable bonds is 6. The molecule has 144 valence electrons. The van der Waals surface area contributed by atoms with E-state index in [1.165, 1.54) is 12.1 Å². The topological polar surface area (TPSA) is 68.5 Å². The molecule has 2 aromatic carbocycles. The summed E-state index contributed by atoms with van der Waals surface area (Å²) >= 11 is 0. The van der Waals surface area contributed by atoms with Crippen molar-refractivity contribution >= 4 is 26.5 Å². The lowest BCUT2D eigenvalue weighted by molar-refractivity contribution is 0.234. The first-order chi connectivity index (χ1) is 12.7. The summed E-state index contributed by atoms with van der Waals surface area (Å²) in [7, 11) is -3.00. The molecule has 1 heterocycles. The number of benzene rings is 2. The van der Waals surface area contributed by atoms with Crippen LogP contribution in [0.3, 0.4) is 0 Å². The monoisotopic (exact) mass is 395 g/mol. The van der Waals surface area contributed by atoms with E-state index >= 15 is 0 Å². The summed E-state index contributed by atoms with van der Waals surface area (Å²) < 4.78 is 59.4. The van der Waals surface area contributed by atoms with E-state index in [9.17, 15) is 17.2 Å². The summed E-state index contributed by atoms with van der Waals surface area (Å²) in [6, 6.07) is 10.5. The zero-order valence-corrected chi connectivity index (χ0v) is 15.8. The van der Waals surface area contributed by atoms with Crippen LogP contribution in [0.15, 0.2) is 51.8 Å². The number of alkyl halides is 2. The average molecular weight is 395 g/mol. The minimum Gasteiger partial charge on any atom is -0.497 e. The van der Waals surface area contributed by atoms with Crippen LogP contribution in [-0.2, 0) is 9.84 Å². The molecule has 0 amide bonds. The maximum atomic E-state index is 12.6. The van der Waals surface area contributed by atoms with Gasteiger partial charge in [-0.3, -0.25) is 0 Å². The molecule has 3 rings (SSSR count). The molecule has 0 radical (unpaired) electrons. The second-order valence-corrected chi connectivity index (χ2v) is 8.07. The normalized spacial score (nSPS) is 13.1. The number of furan rings is 1. The fourth-order valence-electron chi connectivity index (χ4n) is 2.92. The van der Waals surface area contributed by atoms with Gasteiger partial charge in [-0.25, -0.2) is 8.42 Å². The van der Waals surface area contributed by atoms with E-state index in [-0.39, 0.29) is 6.04 Å². The van der Waals surface area contributed by atoms with Crippen molar-refractivity contribution in [1.29, 1.82) is 0 Å². The summed E-state index contributed by atoms with van der Waals surface area (Å²) in [6.07, 6.45) is 0. The fraction of sp³-hybridized carbons (Fsp3) is 0.263. The Morgan fingerprint density at radius 2 is 1.78 bits per heavy atom. The quantitative estimate of drug-likeness (QED) is 0.642. The van der Waals surface area contributed by atoms with Crippen LogP contribution in [0, 0.1) is 6.92 Å². The van der Waals surface area contributed by atoms with Crippen molar-refractivity contribution in [1.82, 2.24) is 0 Å². The number of fused-ring (bicyclic) bond motifs is 1. The van der Waals surface area contributed by atoms with Gasteiger partial charge in [-0.15, -0.1) is 0 Å².